The Labute approximate surface area is 130 Å². The predicted molar refractivity (Wildman–Crippen MR) is 80.4 cm³/mol. The quantitative estimate of drug-likeness (QED) is 0.808. The molecule has 3 aromatic rings. The molecule has 2 aromatic heterocycles. The van der Waals surface area contributed by atoms with Crippen molar-refractivity contribution in [2.75, 3.05) is 5.32 Å². The third-order valence-electron chi connectivity index (χ3n) is 3.25. The van der Waals surface area contributed by atoms with E-state index >= 15 is 0 Å². The van der Waals surface area contributed by atoms with Crippen LogP contribution in [0.3, 0.4) is 0 Å². The topological polar surface area (TPSA) is 59.8 Å². The molecule has 0 atom stereocenters. The number of anilines is 1. The minimum absolute atomic E-state index is 0.235. The van der Waals surface area contributed by atoms with Crippen molar-refractivity contribution < 1.29 is 13.6 Å². The Hall–Kier alpha value is -3.09. The molecule has 0 aliphatic rings. The first-order valence-corrected chi connectivity index (χ1v) is 6.77. The van der Waals surface area contributed by atoms with Crippen LogP contribution in [0, 0.1) is 18.6 Å². The number of hydrogen-bond donors (Lipinski definition) is 1. The molecular weight excluding hydrogens is 302 g/mol. The van der Waals surface area contributed by atoms with Crippen LogP contribution in [0.15, 0.2) is 48.9 Å². The summed E-state index contributed by atoms with van der Waals surface area (Å²) in [4.78, 5) is 20.3. The number of amides is 1. The number of nitrogens with one attached hydrogen (secondary N) is 1. The molecule has 0 radical (unpaired) electrons. The molecule has 0 aliphatic carbocycles. The molecular formula is C16H12F2N4O. The van der Waals surface area contributed by atoms with Gasteiger partial charge < -0.3 is 5.32 Å². The van der Waals surface area contributed by atoms with Crippen molar-refractivity contribution in [1.82, 2.24) is 14.5 Å². The van der Waals surface area contributed by atoms with E-state index in [9.17, 15) is 13.6 Å². The van der Waals surface area contributed by atoms with Crippen LogP contribution in [-0.4, -0.2) is 20.4 Å². The lowest BCUT2D eigenvalue weighted by atomic mass is 10.2. The van der Waals surface area contributed by atoms with Gasteiger partial charge in [0.1, 0.15) is 23.3 Å². The van der Waals surface area contributed by atoms with Gasteiger partial charge in [0.05, 0.1) is 17.4 Å². The van der Waals surface area contributed by atoms with E-state index in [1.54, 1.807) is 29.1 Å². The van der Waals surface area contributed by atoms with Gasteiger partial charge in [-0.05, 0) is 31.2 Å². The van der Waals surface area contributed by atoms with Gasteiger partial charge in [-0.3, -0.25) is 9.36 Å². The molecule has 116 valence electrons. The van der Waals surface area contributed by atoms with E-state index in [4.69, 9.17) is 0 Å². The third kappa shape index (κ3) is 3.08. The predicted octanol–water partition coefficient (Wildman–Crippen LogP) is 3.11. The molecule has 0 saturated heterocycles. The van der Waals surface area contributed by atoms with Crippen molar-refractivity contribution in [1.29, 1.82) is 0 Å². The van der Waals surface area contributed by atoms with E-state index in [1.807, 2.05) is 6.92 Å². The number of benzene rings is 1. The Morgan fingerprint density at radius 1 is 1.17 bits per heavy atom. The zero-order chi connectivity index (χ0) is 16.4. The number of aromatic nitrogens is 3. The molecule has 1 aromatic carbocycles. The Kier molecular flexibility index (Phi) is 3.84. The maximum Gasteiger partial charge on any atom is 0.258 e. The van der Waals surface area contributed by atoms with Gasteiger partial charge in [-0.15, -0.1) is 0 Å². The minimum Gasteiger partial charge on any atom is -0.320 e. The fraction of sp³-hybridized carbons (Fsp3) is 0.0625. The Morgan fingerprint density at radius 2 is 2.00 bits per heavy atom. The molecule has 2 heterocycles. The molecule has 0 spiro atoms. The molecule has 7 heteroatoms. The maximum absolute atomic E-state index is 13.6. The summed E-state index contributed by atoms with van der Waals surface area (Å²) >= 11 is 0. The summed E-state index contributed by atoms with van der Waals surface area (Å²) in [6, 6.07) is 6.13. The van der Waals surface area contributed by atoms with Crippen molar-refractivity contribution in [3.05, 3.63) is 71.9 Å². The van der Waals surface area contributed by atoms with Gasteiger partial charge in [-0.25, -0.2) is 18.7 Å². The Morgan fingerprint density at radius 3 is 2.61 bits per heavy atom. The maximum atomic E-state index is 13.6. The van der Waals surface area contributed by atoms with Crippen LogP contribution in [0.4, 0.5) is 14.5 Å². The summed E-state index contributed by atoms with van der Waals surface area (Å²) < 4.78 is 28.2. The van der Waals surface area contributed by atoms with Gasteiger partial charge in [-0.1, -0.05) is 0 Å². The number of pyridine rings is 1. The summed E-state index contributed by atoms with van der Waals surface area (Å²) in [6.45, 7) is 1.84. The molecule has 3 rings (SSSR count). The highest BCUT2D eigenvalue weighted by Crippen LogP contribution is 2.15. The van der Waals surface area contributed by atoms with Crippen LogP contribution in [0.25, 0.3) is 5.82 Å². The number of halogens is 2. The third-order valence-corrected chi connectivity index (χ3v) is 3.25. The second-order valence-electron chi connectivity index (χ2n) is 4.83. The molecule has 0 unspecified atom stereocenters. The standard InChI is InChI=1S/C16H12F2N4O/c1-10-19-6-7-22(10)15-5-3-12(9-20-15)21-16(23)13-4-2-11(17)8-14(13)18/h2-9H,1H3,(H,21,23). The zero-order valence-corrected chi connectivity index (χ0v) is 12.1. The highest BCUT2D eigenvalue weighted by atomic mass is 19.1. The van der Waals surface area contributed by atoms with E-state index in [1.165, 1.54) is 6.20 Å². The minimum atomic E-state index is -0.916. The van der Waals surface area contributed by atoms with Gasteiger partial charge in [-0.2, -0.15) is 0 Å². The van der Waals surface area contributed by atoms with Gasteiger partial charge in [0, 0.05) is 18.5 Å². The van der Waals surface area contributed by atoms with Gasteiger partial charge in [0.2, 0.25) is 0 Å². The normalized spacial score (nSPS) is 10.6. The van der Waals surface area contributed by atoms with Crippen LogP contribution >= 0.6 is 0 Å². The van der Waals surface area contributed by atoms with E-state index in [-0.39, 0.29) is 5.56 Å². The number of nitrogens with zero attached hydrogens (tertiary/aromatic N) is 3. The summed E-state index contributed by atoms with van der Waals surface area (Å²) in [5, 5.41) is 2.52. The van der Waals surface area contributed by atoms with Crippen LogP contribution < -0.4 is 5.32 Å². The van der Waals surface area contributed by atoms with Gasteiger partial charge in [0.25, 0.3) is 5.91 Å². The lowest BCUT2D eigenvalue weighted by Gasteiger charge is -2.08. The molecule has 5 nitrogen and oxygen atoms in total. The van der Waals surface area contributed by atoms with Gasteiger partial charge in [0.15, 0.2) is 0 Å². The van der Waals surface area contributed by atoms with Crippen molar-refractivity contribution in [2.24, 2.45) is 0 Å². The first-order valence-electron chi connectivity index (χ1n) is 6.77. The average molecular weight is 314 g/mol. The average Bonchev–Trinajstić information content (AvgIpc) is 2.94. The number of aryl methyl sites for hydroxylation is 1. The van der Waals surface area contributed by atoms with E-state index < -0.39 is 17.5 Å². The molecule has 23 heavy (non-hydrogen) atoms. The monoisotopic (exact) mass is 314 g/mol. The molecule has 0 saturated carbocycles. The Balaban J connectivity index is 1.78. The second-order valence-corrected chi connectivity index (χ2v) is 4.83. The van der Waals surface area contributed by atoms with Crippen LogP contribution in [0.2, 0.25) is 0 Å². The summed E-state index contributed by atoms with van der Waals surface area (Å²) in [6.07, 6.45) is 4.88. The highest BCUT2D eigenvalue weighted by Gasteiger charge is 2.13. The van der Waals surface area contributed by atoms with Crippen LogP contribution in [0.1, 0.15) is 16.2 Å². The van der Waals surface area contributed by atoms with E-state index in [2.05, 4.69) is 15.3 Å². The smallest absolute Gasteiger partial charge is 0.258 e. The number of hydrogen-bond acceptors (Lipinski definition) is 3. The summed E-state index contributed by atoms with van der Waals surface area (Å²) in [5.41, 5.74) is 0.168. The van der Waals surface area contributed by atoms with Crippen molar-refractivity contribution in [3.63, 3.8) is 0 Å². The zero-order valence-electron chi connectivity index (χ0n) is 12.1. The lowest BCUT2D eigenvalue weighted by molar-refractivity contribution is 0.102. The fourth-order valence-corrected chi connectivity index (χ4v) is 2.09. The molecule has 1 N–H and O–H groups in total. The van der Waals surface area contributed by atoms with E-state index in [0.29, 0.717) is 17.6 Å². The Bertz CT molecular complexity index is 859. The second kappa shape index (κ2) is 5.96. The summed E-state index contributed by atoms with van der Waals surface area (Å²) in [7, 11) is 0. The summed E-state index contributed by atoms with van der Waals surface area (Å²) in [5.74, 6) is -0.897. The van der Waals surface area contributed by atoms with Crippen LogP contribution in [0.5, 0.6) is 0 Å². The fourth-order valence-electron chi connectivity index (χ4n) is 2.09. The SMILES string of the molecule is Cc1nccn1-c1ccc(NC(=O)c2ccc(F)cc2F)cn1. The molecule has 1 amide bonds. The first-order chi connectivity index (χ1) is 11.0. The number of carbonyl (C=O) groups is 1. The highest BCUT2D eigenvalue weighted by molar-refractivity contribution is 6.04. The van der Waals surface area contributed by atoms with E-state index in [0.717, 1.165) is 18.0 Å². The number of carbonyl (C=O) groups excluding carboxylic acids is 1. The largest absolute Gasteiger partial charge is 0.320 e. The molecule has 0 bridgehead atoms. The van der Waals surface area contributed by atoms with Crippen LogP contribution in [-0.2, 0) is 0 Å². The first kappa shape index (κ1) is 14.8. The number of rotatable bonds is 3. The van der Waals surface area contributed by atoms with Gasteiger partial charge >= 0.3 is 0 Å². The lowest BCUT2D eigenvalue weighted by Crippen LogP contribution is -2.14. The molecule has 0 aliphatic heterocycles. The van der Waals surface area contributed by atoms with Crippen molar-refractivity contribution in [2.45, 2.75) is 6.92 Å². The number of imidazole rings is 1. The van der Waals surface area contributed by atoms with Crippen molar-refractivity contribution >= 4 is 11.6 Å². The molecule has 0 fully saturated rings. The van der Waals surface area contributed by atoms with Crippen molar-refractivity contribution in [3.8, 4) is 5.82 Å².